The summed E-state index contributed by atoms with van der Waals surface area (Å²) in [6.07, 6.45) is 0.829. The number of hydrogen-bond donors (Lipinski definition) is 2. The lowest BCUT2D eigenvalue weighted by atomic mass is 10.1. The summed E-state index contributed by atoms with van der Waals surface area (Å²) in [5.74, 6) is 1.59. The predicted molar refractivity (Wildman–Crippen MR) is 105 cm³/mol. The SMILES string of the molecule is CC[C@H](CO)Nc1nc(CN(C)C)nc2scc(-c3ccccc3)c12. The number of benzene rings is 1. The molecule has 132 valence electrons. The first-order valence-corrected chi connectivity index (χ1v) is 9.36. The summed E-state index contributed by atoms with van der Waals surface area (Å²) in [5, 5.41) is 16.2. The van der Waals surface area contributed by atoms with E-state index in [4.69, 9.17) is 9.97 Å². The summed E-state index contributed by atoms with van der Waals surface area (Å²) < 4.78 is 0. The maximum atomic E-state index is 9.60. The average Bonchev–Trinajstić information content (AvgIpc) is 3.03. The highest BCUT2D eigenvalue weighted by Gasteiger charge is 2.17. The van der Waals surface area contributed by atoms with E-state index in [1.807, 2.05) is 32.3 Å². The van der Waals surface area contributed by atoms with E-state index in [9.17, 15) is 5.11 Å². The topological polar surface area (TPSA) is 61.3 Å². The normalized spacial score (nSPS) is 12.7. The van der Waals surface area contributed by atoms with E-state index in [1.54, 1.807) is 11.3 Å². The Balaban J connectivity index is 2.14. The molecule has 6 heteroatoms. The van der Waals surface area contributed by atoms with E-state index in [-0.39, 0.29) is 12.6 Å². The van der Waals surface area contributed by atoms with Crippen LogP contribution in [0.2, 0.25) is 0 Å². The van der Waals surface area contributed by atoms with Crippen molar-refractivity contribution in [3.05, 3.63) is 41.5 Å². The van der Waals surface area contributed by atoms with Crippen LogP contribution in [0.15, 0.2) is 35.7 Å². The molecule has 3 aromatic rings. The first-order chi connectivity index (χ1) is 12.1. The van der Waals surface area contributed by atoms with Crippen molar-refractivity contribution in [1.29, 1.82) is 0 Å². The number of nitrogens with one attached hydrogen (secondary N) is 1. The smallest absolute Gasteiger partial charge is 0.146 e. The highest BCUT2D eigenvalue weighted by atomic mass is 32.1. The van der Waals surface area contributed by atoms with Gasteiger partial charge in [-0.1, -0.05) is 37.3 Å². The van der Waals surface area contributed by atoms with Crippen molar-refractivity contribution in [2.75, 3.05) is 26.0 Å². The zero-order valence-electron chi connectivity index (χ0n) is 14.9. The quantitative estimate of drug-likeness (QED) is 0.677. The van der Waals surface area contributed by atoms with Gasteiger partial charge in [-0.3, -0.25) is 0 Å². The highest BCUT2D eigenvalue weighted by Crippen LogP contribution is 2.37. The standard InChI is InChI=1S/C19H24N4OS/c1-4-14(11-24)20-18-17-15(13-8-6-5-7-9-13)12-25-19(17)22-16(21-18)10-23(2)3/h5-9,12,14,24H,4,10-11H2,1-3H3,(H,20,21,22)/t14-/m1/s1. The summed E-state index contributed by atoms with van der Waals surface area (Å²) in [6.45, 7) is 2.81. The van der Waals surface area contributed by atoms with Gasteiger partial charge in [-0.05, 0) is 26.1 Å². The second-order valence-electron chi connectivity index (χ2n) is 6.35. The third-order valence-corrected chi connectivity index (χ3v) is 4.95. The van der Waals surface area contributed by atoms with Gasteiger partial charge < -0.3 is 15.3 Å². The van der Waals surface area contributed by atoms with Gasteiger partial charge in [-0.15, -0.1) is 11.3 Å². The van der Waals surface area contributed by atoms with Gasteiger partial charge in [0.2, 0.25) is 0 Å². The largest absolute Gasteiger partial charge is 0.394 e. The maximum Gasteiger partial charge on any atom is 0.146 e. The van der Waals surface area contributed by atoms with E-state index >= 15 is 0 Å². The molecule has 0 bridgehead atoms. The Kier molecular flexibility index (Phi) is 5.63. The summed E-state index contributed by atoms with van der Waals surface area (Å²) in [7, 11) is 4.01. The van der Waals surface area contributed by atoms with Crippen molar-refractivity contribution in [2.24, 2.45) is 0 Å². The molecule has 0 spiro atoms. The van der Waals surface area contributed by atoms with Gasteiger partial charge in [0.25, 0.3) is 0 Å². The summed E-state index contributed by atoms with van der Waals surface area (Å²) in [5.41, 5.74) is 2.28. The molecule has 3 rings (SSSR count). The fraction of sp³-hybridized carbons (Fsp3) is 0.368. The molecule has 0 saturated carbocycles. The Labute approximate surface area is 152 Å². The van der Waals surface area contributed by atoms with E-state index in [2.05, 4.69) is 34.7 Å². The molecule has 0 fully saturated rings. The molecule has 0 amide bonds. The minimum absolute atomic E-state index is 0.0196. The van der Waals surface area contributed by atoms with E-state index < -0.39 is 0 Å². The number of hydrogen-bond acceptors (Lipinski definition) is 6. The van der Waals surface area contributed by atoms with Gasteiger partial charge in [-0.25, -0.2) is 9.97 Å². The third kappa shape index (κ3) is 3.98. The molecule has 0 aliphatic rings. The number of rotatable bonds is 7. The van der Waals surface area contributed by atoms with Gasteiger partial charge >= 0.3 is 0 Å². The Hall–Kier alpha value is -2.02. The average molecular weight is 356 g/mol. The van der Waals surface area contributed by atoms with Crippen molar-refractivity contribution in [1.82, 2.24) is 14.9 Å². The molecule has 0 saturated heterocycles. The van der Waals surface area contributed by atoms with Gasteiger partial charge in [0.1, 0.15) is 16.5 Å². The second-order valence-corrected chi connectivity index (χ2v) is 7.21. The van der Waals surface area contributed by atoms with Gasteiger partial charge in [0.15, 0.2) is 0 Å². The zero-order chi connectivity index (χ0) is 17.8. The number of nitrogens with zero attached hydrogens (tertiary/aromatic N) is 3. The van der Waals surface area contributed by atoms with Crippen LogP contribution in [-0.2, 0) is 6.54 Å². The fourth-order valence-electron chi connectivity index (χ4n) is 2.74. The first kappa shape index (κ1) is 17.8. The van der Waals surface area contributed by atoms with Gasteiger partial charge in [0.05, 0.1) is 24.6 Å². The number of aromatic nitrogens is 2. The van der Waals surface area contributed by atoms with Crippen molar-refractivity contribution in [3.63, 3.8) is 0 Å². The van der Waals surface area contributed by atoms with Crippen LogP contribution in [0.4, 0.5) is 5.82 Å². The van der Waals surface area contributed by atoms with Crippen LogP contribution in [0, 0.1) is 0 Å². The molecule has 2 heterocycles. The van der Waals surface area contributed by atoms with Crippen LogP contribution < -0.4 is 5.32 Å². The lowest BCUT2D eigenvalue weighted by molar-refractivity contribution is 0.271. The zero-order valence-corrected chi connectivity index (χ0v) is 15.7. The van der Waals surface area contributed by atoms with Crippen LogP contribution in [0.5, 0.6) is 0 Å². The molecular weight excluding hydrogens is 332 g/mol. The minimum atomic E-state index is -0.0196. The summed E-state index contributed by atoms with van der Waals surface area (Å²) >= 11 is 1.63. The Morgan fingerprint density at radius 1 is 1.20 bits per heavy atom. The molecular formula is C19H24N4OS. The molecule has 1 atom stereocenters. The maximum absolute atomic E-state index is 9.60. The van der Waals surface area contributed by atoms with Crippen LogP contribution in [-0.4, -0.2) is 46.7 Å². The van der Waals surface area contributed by atoms with E-state index in [0.29, 0.717) is 6.54 Å². The van der Waals surface area contributed by atoms with Gasteiger partial charge in [0, 0.05) is 10.9 Å². The molecule has 2 N–H and O–H groups in total. The Bertz CT molecular complexity index is 828. The van der Waals surface area contributed by atoms with Crippen molar-refractivity contribution < 1.29 is 5.11 Å². The highest BCUT2D eigenvalue weighted by molar-refractivity contribution is 7.17. The Morgan fingerprint density at radius 3 is 2.60 bits per heavy atom. The molecule has 0 aliphatic carbocycles. The number of aliphatic hydroxyl groups excluding tert-OH is 1. The number of aliphatic hydroxyl groups is 1. The van der Waals surface area contributed by atoms with E-state index in [0.717, 1.165) is 39.4 Å². The minimum Gasteiger partial charge on any atom is -0.394 e. The molecule has 0 radical (unpaired) electrons. The predicted octanol–water partition coefficient (Wildman–Crippen LogP) is 3.60. The molecule has 0 unspecified atom stereocenters. The van der Waals surface area contributed by atoms with Crippen LogP contribution in [0.1, 0.15) is 19.2 Å². The molecule has 2 aromatic heterocycles. The lowest BCUT2D eigenvalue weighted by Crippen LogP contribution is -2.24. The van der Waals surface area contributed by atoms with Crippen molar-refractivity contribution >= 4 is 27.4 Å². The molecule has 5 nitrogen and oxygen atoms in total. The Morgan fingerprint density at radius 2 is 1.96 bits per heavy atom. The summed E-state index contributed by atoms with van der Waals surface area (Å²) in [6, 6.07) is 10.3. The van der Waals surface area contributed by atoms with Crippen LogP contribution >= 0.6 is 11.3 Å². The van der Waals surface area contributed by atoms with Crippen LogP contribution in [0.25, 0.3) is 21.3 Å². The monoisotopic (exact) mass is 356 g/mol. The van der Waals surface area contributed by atoms with Crippen LogP contribution in [0.3, 0.4) is 0 Å². The first-order valence-electron chi connectivity index (χ1n) is 8.48. The number of thiophene rings is 1. The van der Waals surface area contributed by atoms with Crippen molar-refractivity contribution in [2.45, 2.75) is 25.9 Å². The van der Waals surface area contributed by atoms with Crippen molar-refractivity contribution in [3.8, 4) is 11.1 Å². The second kappa shape index (κ2) is 7.91. The molecule has 0 aliphatic heterocycles. The van der Waals surface area contributed by atoms with Gasteiger partial charge in [-0.2, -0.15) is 0 Å². The molecule has 25 heavy (non-hydrogen) atoms. The number of anilines is 1. The van der Waals surface area contributed by atoms with E-state index in [1.165, 1.54) is 0 Å². The lowest BCUT2D eigenvalue weighted by Gasteiger charge is -2.17. The third-order valence-electron chi connectivity index (χ3n) is 4.08. The fourth-order valence-corrected chi connectivity index (χ4v) is 3.71. The molecule has 1 aromatic carbocycles. The summed E-state index contributed by atoms with van der Waals surface area (Å²) in [4.78, 5) is 12.5. The number of fused-ring (bicyclic) bond motifs is 1.